The summed E-state index contributed by atoms with van der Waals surface area (Å²) in [5.41, 5.74) is -0.444. The summed E-state index contributed by atoms with van der Waals surface area (Å²) in [6.07, 6.45) is 0. The van der Waals surface area contributed by atoms with Gasteiger partial charge in [0.05, 0.1) is 5.02 Å². The molecule has 3 N–H and O–H groups in total. The summed E-state index contributed by atoms with van der Waals surface area (Å²) in [5, 5.41) is 19.5. The molecule has 0 spiro atoms. The van der Waals surface area contributed by atoms with Gasteiger partial charge in [-0.1, -0.05) is 76.7 Å². The first kappa shape index (κ1) is 22.0. The first-order chi connectivity index (χ1) is 13.5. The van der Waals surface area contributed by atoms with E-state index < -0.39 is 31.4 Å². The predicted octanol–water partition coefficient (Wildman–Crippen LogP) is 5.89. The fraction of sp³-hybridized carbons (Fsp3) is 0.0526. The van der Waals surface area contributed by atoms with Gasteiger partial charge in [0.25, 0.3) is 10.1 Å². The molecule has 0 heterocycles. The second-order valence-corrected chi connectivity index (χ2v) is 9.25. The van der Waals surface area contributed by atoms with Gasteiger partial charge in [-0.15, -0.1) is 0 Å². The fourth-order valence-electron chi connectivity index (χ4n) is 3.20. The van der Waals surface area contributed by atoms with Crippen molar-refractivity contribution in [2.45, 2.75) is 4.75 Å². The monoisotopic (exact) mass is 492 g/mol. The second-order valence-electron chi connectivity index (χ2n) is 6.06. The van der Waals surface area contributed by atoms with Crippen LogP contribution in [-0.2, 0) is 14.9 Å². The van der Waals surface area contributed by atoms with Gasteiger partial charge in [-0.2, -0.15) is 8.42 Å². The van der Waals surface area contributed by atoms with Crippen molar-refractivity contribution in [3.63, 3.8) is 0 Å². The van der Waals surface area contributed by atoms with Gasteiger partial charge in [0.2, 0.25) is 0 Å². The lowest BCUT2D eigenvalue weighted by molar-refractivity contribution is 0.402. The van der Waals surface area contributed by atoms with Gasteiger partial charge in [-0.25, -0.2) is 0 Å². The molecule has 0 bridgehead atoms. The molecule has 3 aromatic carbocycles. The number of rotatable bonds is 4. The average Bonchev–Trinajstić information content (AvgIpc) is 2.63. The van der Waals surface area contributed by atoms with Crippen LogP contribution in [0.1, 0.15) is 16.7 Å². The Kier molecular flexibility index (Phi) is 5.98. The summed E-state index contributed by atoms with van der Waals surface area (Å²) in [6, 6.07) is 12.1. The zero-order valence-electron chi connectivity index (χ0n) is 14.3. The lowest BCUT2D eigenvalue weighted by atomic mass is 9.83. The lowest BCUT2D eigenvalue weighted by Crippen LogP contribution is -2.39. The van der Waals surface area contributed by atoms with Crippen molar-refractivity contribution in [2.24, 2.45) is 0 Å². The van der Waals surface area contributed by atoms with Crippen molar-refractivity contribution in [1.29, 1.82) is 0 Å². The molecule has 0 aliphatic rings. The highest BCUT2D eigenvalue weighted by molar-refractivity contribution is 7.87. The number of benzene rings is 3. The Morgan fingerprint density at radius 3 is 1.93 bits per heavy atom. The molecule has 152 valence electrons. The molecule has 3 rings (SSSR count). The van der Waals surface area contributed by atoms with Gasteiger partial charge in [-0.05, 0) is 24.3 Å². The molecule has 0 aliphatic carbocycles. The van der Waals surface area contributed by atoms with Crippen LogP contribution in [0.2, 0.25) is 20.1 Å². The molecular formula is C19H12Cl4O5S. The molecular weight excluding hydrogens is 482 g/mol. The minimum atomic E-state index is -5.08. The van der Waals surface area contributed by atoms with Crippen LogP contribution < -0.4 is 0 Å². The molecule has 1 atom stereocenters. The van der Waals surface area contributed by atoms with Crippen LogP contribution in [0, 0.1) is 0 Å². The topological polar surface area (TPSA) is 94.8 Å². The molecule has 5 nitrogen and oxygen atoms in total. The van der Waals surface area contributed by atoms with Crippen LogP contribution in [0.5, 0.6) is 11.5 Å². The SMILES string of the molecule is O=S(=O)(O)C(c1ccccc1Cl)(c1ccc(Cl)cc1Cl)c1ccc(O)c(O)c1Cl. The highest BCUT2D eigenvalue weighted by Crippen LogP contribution is 2.53. The Hall–Kier alpha value is -1.67. The van der Waals surface area contributed by atoms with Crippen LogP contribution in [0.4, 0.5) is 0 Å². The Balaban J connectivity index is 2.63. The quantitative estimate of drug-likeness (QED) is 0.239. The third-order valence-corrected chi connectivity index (χ3v) is 7.12. The highest BCUT2D eigenvalue weighted by Gasteiger charge is 2.52. The van der Waals surface area contributed by atoms with E-state index in [2.05, 4.69) is 0 Å². The van der Waals surface area contributed by atoms with Gasteiger partial charge >= 0.3 is 0 Å². The van der Waals surface area contributed by atoms with Gasteiger partial charge in [0.15, 0.2) is 16.2 Å². The van der Waals surface area contributed by atoms with Crippen LogP contribution in [0.25, 0.3) is 0 Å². The highest BCUT2D eigenvalue weighted by atomic mass is 35.5. The maximum Gasteiger partial charge on any atom is 0.283 e. The summed E-state index contributed by atoms with van der Waals surface area (Å²) in [7, 11) is -5.08. The summed E-state index contributed by atoms with van der Waals surface area (Å²) < 4.78 is 34.1. The van der Waals surface area contributed by atoms with Gasteiger partial charge in [-0.3, -0.25) is 4.55 Å². The minimum absolute atomic E-state index is 0.0141. The van der Waals surface area contributed by atoms with E-state index in [-0.39, 0.29) is 31.8 Å². The van der Waals surface area contributed by atoms with E-state index in [1.165, 1.54) is 36.4 Å². The van der Waals surface area contributed by atoms with E-state index in [0.29, 0.717) is 0 Å². The van der Waals surface area contributed by atoms with Crippen molar-refractivity contribution in [3.8, 4) is 11.5 Å². The first-order valence-electron chi connectivity index (χ1n) is 7.90. The second kappa shape index (κ2) is 7.87. The Morgan fingerprint density at radius 2 is 1.34 bits per heavy atom. The molecule has 1 unspecified atom stereocenters. The summed E-state index contributed by atoms with van der Waals surface area (Å²) in [5.74, 6) is -1.35. The normalized spacial score (nSPS) is 13.8. The number of aromatic hydroxyl groups is 2. The van der Waals surface area contributed by atoms with Gasteiger partial charge < -0.3 is 10.2 Å². The first-order valence-corrected chi connectivity index (χ1v) is 10.9. The summed E-state index contributed by atoms with van der Waals surface area (Å²) >= 11 is 24.8. The molecule has 29 heavy (non-hydrogen) atoms. The number of halogens is 4. The average molecular weight is 494 g/mol. The Bertz CT molecular complexity index is 1210. The van der Waals surface area contributed by atoms with Crippen LogP contribution in [0.15, 0.2) is 54.6 Å². The number of hydrogen-bond acceptors (Lipinski definition) is 4. The van der Waals surface area contributed by atoms with E-state index in [1.807, 2.05) is 0 Å². The van der Waals surface area contributed by atoms with Crippen molar-refractivity contribution in [3.05, 3.63) is 91.4 Å². The zero-order chi connectivity index (χ0) is 21.6. The van der Waals surface area contributed by atoms with E-state index in [0.717, 1.165) is 12.1 Å². The number of phenolic OH excluding ortho intramolecular Hbond substituents is 2. The minimum Gasteiger partial charge on any atom is -0.504 e. The molecule has 0 aromatic heterocycles. The fourth-order valence-corrected chi connectivity index (χ4v) is 5.86. The van der Waals surface area contributed by atoms with Crippen molar-refractivity contribution < 1.29 is 23.2 Å². The predicted molar refractivity (Wildman–Crippen MR) is 114 cm³/mol. The third-order valence-electron chi connectivity index (χ3n) is 4.42. The van der Waals surface area contributed by atoms with Crippen molar-refractivity contribution >= 4 is 56.5 Å². The molecule has 0 saturated carbocycles. The van der Waals surface area contributed by atoms with Crippen LogP contribution in [0.3, 0.4) is 0 Å². The lowest BCUT2D eigenvalue weighted by Gasteiger charge is -2.34. The zero-order valence-corrected chi connectivity index (χ0v) is 18.1. The number of hydrogen-bond donors (Lipinski definition) is 3. The maximum absolute atomic E-state index is 13.0. The van der Waals surface area contributed by atoms with E-state index >= 15 is 0 Å². The van der Waals surface area contributed by atoms with Crippen molar-refractivity contribution in [2.75, 3.05) is 0 Å². The van der Waals surface area contributed by atoms with E-state index in [1.54, 1.807) is 6.07 Å². The maximum atomic E-state index is 13.0. The molecule has 0 amide bonds. The third kappa shape index (κ3) is 3.54. The van der Waals surface area contributed by atoms with Crippen LogP contribution >= 0.6 is 46.4 Å². The van der Waals surface area contributed by atoms with Gasteiger partial charge in [0.1, 0.15) is 0 Å². The molecule has 10 heteroatoms. The van der Waals surface area contributed by atoms with Crippen molar-refractivity contribution in [1.82, 2.24) is 0 Å². The van der Waals surface area contributed by atoms with E-state index in [9.17, 15) is 23.2 Å². The number of phenols is 2. The van der Waals surface area contributed by atoms with Gasteiger partial charge in [0, 0.05) is 31.8 Å². The van der Waals surface area contributed by atoms with E-state index in [4.69, 9.17) is 46.4 Å². The van der Waals surface area contributed by atoms with Crippen LogP contribution in [-0.4, -0.2) is 23.2 Å². The summed E-state index contributed by atoms with van der Waals surface area (Å²) in [4.78, 5) is 0. The Morgan fingerprint density at radius 1 is 0.759 bits per heavy atom. The summed E-state index contributed by atoms with van der Waals surface area (Å²) in [6.45, 7) is 0. The molecule has 0 aliphatic heterocycles. The Labute approximate surface area is 186 Å². The molecule has 0 fully saturated rings. The largest absolute Gasteiger partial charge is 0.504 e. The molecule has 0 saturated heterocycles. The molecule has 0 radical (unpaired) electrons. The molecule has 3 aromatic rings. The smallest absolute Gasteiger partial charge is 0.283 e. The standard InChI is InChI=1S/C19H12Cl4O5S/c20-10-5-6-12(15(22)9-10)19(29(26,27)28,11-3-1-2-4-14(11)21)13-7-8-16(24)18(25)17(13)23/h1-9,24-25H,(H,26,27,28).